The summed E-state index contributed by atoms with van der Waals surface area (Å²) in [5.41, 5.74) is 5.24. The molecule has 0 aliphatic heterocycles. The molecule has 0 aliphatic rings. The Bertz CT molecular complexity index is 148. The fourth-order valence-corrected chi connectivity index (χ4v) is 0.523. The van der Waals surface area contributed by atoms with Crippen molar-refractivity contribution in [2.45, 2.75) is 48.0 Å². The number of hydrogen-bond acceptors (Lipinski definition) is 1. The molecule has 0 rings (SSSR count). The molecule has 1 amide bonds. The van der Waals surface area contributed by atoms with Gasteiger partial charge in [0.15, 0.2) is 0 Å². The zero-order valence-corrected chi connectivity index (χ0v) is 13.3. The van der Waals surface area contributed by atoms with E-state index in [1.165, 1.54) is 0 Å². The van der Waals surface area contributed by atoms with Gasteiger partial charge < -0.3 is 12.7 Å². The Labute approximate surface area is 114 Å². The van der Waals surface area contributed by atoms with Crippen LogP contribution in [-0.4, -0.2) is 5.91 Å². The molecule has 0 aromatic carbocycles. The van der Waals surface area contributed by atoms with E-state index in [0.29, 0.717) is 6.42 Å². The van der Waals surface area contributed by atoms with Gasteiger partial charge in [0.2, 0.25) is 5.91 Å². The Balaban J connectivity index is -0.000000177. The Morgan fingerprint density at radius 2 is 1.36 bits per heavy atom. The van der Waals surface area contributed by atoms with Crippen LogP contribution in [0.1, 0.15) is 48.0 Å². The third-order valence-electron chi connectivity index (χ3n) is 0.705. The topological polar surface area (TPSA) is 43.1 Å². The van der Waals surface area contributed by atoms with Crippen molar-refractivity contribution in [3.05, 3.63) is 6.92 Å². The van der Waals surface area contributed by atoms with Gasteiger partial charge in [-0.05, 0) is 5.41 Å². The first kappa shape index (κ1) is 20.0. The van der Waals surface area contributed by atoms with Gasteiger partial charge in [-0.1, -0.05) is 41.5 Å². The standard InChI is InChI=1S/C6H13NO.C5H11.Y/c1-6(2,3)4-5(7)8;1-5(2,3)4;/h4H2,1-3H3,(H2,7,8);1H2,2-4H3;/q;-1;. The quantitative estimate of drug-likeness (QED) is 0.735. The predicted molar refractivity (Wildman–Crippen MR) is 58.1 cm³/mol. The SMILES string of the molecule is CC(C)(C)CC(N)=O.[CH2-]C(C)(C)C.[Y]. The van der Waals surface area contributed by atoms with Gasteiger partial charge in [0.05, 0.1) is 0 Å². The molecule has 0 saturated heterocycles. The van der Waals surface area contributed by atoms with E-state index in [4.69, 9.17) is 5.73 Å². The van der Waals surface area contributed by atoms with Crippen molar-refractivity contribution in [3.8, 4) is 0 Å². The number of carbonyl (C=O) groups excluding carboxylic acids is 1. The first-order valence-electron chi connectivity index (χ1n) is 4.55. The summed E-state index contributed by atoms with van der Waals surface area (Å²) in [5, 5.41) is 0. The summed E-state index contributed by atoms with van der Waals surface area (Å²) in [6, 6.07) is 0. The molecule has 0 spiro atoms. The third kappa shape index (κ3) is 54.2. The van der Waals surface area contributed by atoms with Crippen molar-refractivity contribution in [2.24, 2.45) is 16.6 Å². The Hall–Kier alpha value is 0.574. The van der Waals surface area contributed by atoms with E-state index in [-0.39, 0.29) is 49.4 Å². The van der Waals surface area contributed by atoms with Crippen LogP contribution in [0.4, 0.5) is 0 Å². The molecule has 83 valence electrons. The minimum Gasteiger partial charge on any atom is -0.370 e. The molecule has 0 aromatic heterocycles. The molecule has 0 fully saturated rings. The normalized spacial score (nSPS) is 10.8. The van der Waals surface area contributed by atoms with Gasteiger partial charge in [0, 0.05) is 39.1 Å². The van der Waals surface area contributed by atoms with Gasteiger partial charge in [-0.25, -0.2) is 0 Å². The molecular formula is C11H24NOY-. The average molecular weight is 275 g/mol. The van der Waals surface area contributed by atoms with Crippen molar-refractivity contribution < 1.29 is 37.5 Å². The maximum absolute atomic E-state index is 10.2. The zero-order valence-electron chi connectivity index (χ0n) is 10.5. The maximum Gasteiger partial charge on any atom is 0.217 e. The third-order valence-corrected chi connectivity index (χ3v) is 0.705. The minimum atomic E-state index is -0.225. The molecule has 0 aliphatic carbocycles. The maximum atomic E-state index is 10.2. The van der Waals surface area contributed by atoms with Crippen LogP contribution in [-0.2, 0) is 37.5 Å². The Morgan fingerprint density at radius 3 is 1.36 bits per heavy atom. The molecule has 1 radical (unpaired) electrons. The van der Waals surface area contributed by atoms with Crippen LogP contribution in [0.5, 0.6) is 0 Å². The first-order chi connectivity index (χ1) is 5.42. The summed E-state index contributed by atoms with van der Waals surface area (Å²) in [5.74, 6) is -0.225. The van der Waals surface area contributed by atoms with Gasteiger partial charge in [0.25, 0.3) is 0 Å². The molecule has 2 nitrogen and oxygen atoms in total. The predicted octanol–water partition coefficient (Wildman–Crippen LogP) is 2.77. The molecule has 2 N–H and O–H groups in total. The molecular weight excluding hydrogens is 251 g/mol. The van der Waals surface area contributed by atoms with E-state index >= 15 is 0 Å². The number of rotatable bonds is 1. The van der Waals surface area contributed by atoms with E-state index in [1.54, 1.807) is 0 Å². The number of primary amides is 1. The molecule has 0 bridgehead atoms. The smallest absolute Gasteiger partial charge is 0.217 e. The first-order valence-corrected chi connectivity index (χ1v) is 4.55. The van der Waals surface area contributed by atoms with Gasteiger partial charge in [-0.15, -0.1) is 0 Å². The summed E-state index contributed by atoms with van der Waals surface area (Å²) < 4.78 is 0. The van der Waals surface area contributed by atoms with Crippen LogP contribution in [0.15, 0.2) is 0 Å². The van der Waals surface area contributed by atoms with Crippen LogP contribution in [0.2, 0.25) is 0 Å². The summed E-state index contributed by atoms with van der Waals surface area (Å²) in [7, 11) is 0. The Kier molecular flexibility index (Phi) is 11.2. The fourth-order valence-electron chi connectivity index (χ4n) is 0.523. The van der Waals surface area contributed by atoms with E-state index in [0.717, 1.165) is 0 Å². The molecule has 0 unspecified atom stereocenters. The summed E-state index contributed by atoms with van der Waals surface area (Å²) in [6.07, 6.45) is 0.465. The van der Waals surface area contributed by atoms with Crippen LogP contribution in [0, 0.1) is 17.8 Å². The van der Waals surface area contributed by atoms with E-state index < -0.39 is 0 Å². The second-order valence-electron chi connectivity index (χ2n) is 5.76. The van der Waals surface area contributed by atoms with Gasteiger partial charge in [-0.3, -0.25) is 4.79 Å². The number of amides is 1. The Morgan fingerprint density at radius 1 is 1.14 bits per heavy atom. The van der Waals surface area contributed by atoms with Gasteiger partial charge in [-0.2, -0.15) is 5.41 Å². The minimum absolute atomic E-state index is 0. The van der Waals surface area contributed by atoms with Crippen LogP contribution < -0.4 is 5.73 Å². The van der Waals surface area contributed by atoms with Crippen molar-refractivity contribution in [2.75, 3.05) is 0 Å². The summed E-state index contributed by atoms with van der Waals surface area (Å²) in [6.45, 7) is 16.0. The van der Waals surface area contributed by atoms with Crippen molar-refractivity contribution in [1.29, 1.82) is 0 Å². The van der Waals surface area contributed by atoms with Gasteiger partial charge in [0.1, 0.15) is 0 Å². The van der Waals surface area contributed by atoms with Crippen LogP contribution in [0.3, 0.4) is 0 Å². The zero-order chi connectivity index (χ0) is 11.3. The number of nitrogens with two attached hydrogens (primary N) is 1. The molecule has 0 atom stereocenters. The molecule has 14 heavy (non-hydrogen) atoms. The fraction of sp³-hybridized carbons (Fsp3) is 0.818. The molecule has 0 saturated carbocycles. The van der Waals surface area contributed by atoms with Crippen molar-refractivity contribution in [3.63, 3.8) is 0 Å². The second-order valence-corrected chi connectivity index (χ2v) is 5.76. The number of carbonyl (C=O) groups is 1. The van der Waals surface area contributed by atoms with Crippen molar-refractivity contribution in [1.82, 2.24) is 0 Å². The van der Waals surface area contributed by atoms with Crippen LogP contribution >= 0.6 is 0 Å². The van der Waals surface area contributed by atoms with Crippen LogP contribution in [0.25, 0.3) is 0 Å². The monoisotopic (exact) mass is 275 g/mol. The van der Waals surface area contributed by atoms with Gasteiger partial charge >= 0.3 is 0 Å². The molecule has 0 heterocycles. The second kappa shape index (κ2) is 7.81. The average Bonchev–Trinajstić information content (AvgIpc) is 1.47. The summed E-state index contributed by atoms with van der Waals surface area (Å²) in [4.78, 5) is 10.2. The number of hydrogen-bond donors (Lipinski definition) is 1. The van der Waals surface area contributed by atoms with E-state index in [2.05, 4.69) is 27.7 Å². The van der Waals surface area contributed by atoms with E-state index in [1.807, 2.05) is 20.8 Å². The summed E-state index contributed by atoms with van der Waals surface area (Å²) >= 11 is 0. The van der Waals surface area contributed by atoms with Crippen molar-refractivity contribution >= 4 is 5.91 Å². The largest absolute Gasteiger partial charge is 0.370 e. The molecule has 0 aromatic rings. The molecule has 3 heteroatoms. The van der Waals surface area contributed by atoms with E-state index in [9.17, 15) is 4.79 Å².